The molecule has 1 aliphatic carbocycles. The Balaban J connectivity index is 1.49. The maximum atomic E-state index is 5.88. The van der Waals surface area contributed by atoms with Crippen LogP contribution >= 0.6 is 0 Å². The van der Waals surface area contributed by atoms with Gasteiger partial charge in [-0.15, -0.1) is 0 Å². The molecular formula is C14H21NO2. The highest BCUT2D eigenvalue weighted by Gasteiger charge is 2.36. The molecule has 2 aliphatic rings. The minimum absolute atomic E-state index is 0.595. The van der Waals surface area contributed by atoms with Crippen LogP contribution in [0.3, 0.4) is 0 Å². The smallest absolute Gasteiger partial charge is 0.117 e. The number of nitrogens with one attached hydrogen (secondary N) is 1. The van der Waals surface area contributed by atoms with Crippen molar-refractivity contribution in [2.75, 3.05) is 13.2 Å². The van der Waals surface area contributed by atoms with Gasteiger partial charge in [-0.25, -0.2) is 0 Å². The van der Waals surface area contributed by atoms with E-state index in [0.717, 1.165) is 44.3 Å². The zero-order valence-corrected chi connectivity index (χ0v) is 10.4. The van der Waals surface area contributed by atoms with Crippen molar-refractivity contribution in [1.29, 1.82) is 0 Å². The van der Waals surface area contributed by atoms with Crippen LogP contribution in [-0.2, 0) is 11.3 Å². The van der Waals surface area contributed by atoms with E-state index in [-0.39, 0.29) is 0 Å². The number of furan rings is 1. The normalized spacial score (nSPS) is 29.5. The zero-order valence-electron chi connectivity index (χ0n) is 10.4. The molecule has 1 saturated heterocycles. The lowest BCUT2D eigenvalue weighted by molar-refractivity contribution is 0.0771. The monoisotopic (exact) mass is 235 g/mol. The highest BCUT2D eigenvalue weighted by Crippen LogP contribution is 2.47. The predicted molar refractivity (Wildman–Crippen MR) is 65.9 cm³/mol. The van der Waals surface area contributed by atoms with Gasteiger partial charge in [-0.3, -0.25) is 0 Å². The third kappa shape index (κ3) is 2.72. The molecule has 0 aromatic carbocycles. The van der Waals surface area contributed by atoms with Gasteiger partial charge in [0.15, 0.2) is 0 Å². The molecule has 0 radical (unpaired) electrons. The number of hydrogen-bond acceptors (Lipinski definition) is 3. The lowest BCUT2D eigenvalue weighted by Gasteiger charge is -2.22. The molecule has 3 rings (SSSR count). The van der Waals surface area contributed by atoms with Crippen molar-refractivity contribution in [2.45, 2.75) is 44.7 Å². The summed E-state index contributed by atoms with van der Waals surface area (Å²) in [5, 5.41) is 3.55. The molecule has 2 fully saturated rings. The standard InChI is InChI=1S/C14H21NO2/c1-10-8-13(10)14-3-2-12(17-14)9-15-11-4-6-16-7-5-11/h2-3,10-11,13,15H,4-9H2,1H3. The molecule has 17 heavy (non-hydrogen) atoms. The molecule has 3 nitrogen and oxygen atoms in total. The molecule has 2 unspecified atom stereocenters. The van der Waals surface area contributed by atoms with Crippen molar-refractivity contribution in [3.8, 4) is 0 Å². The highest BCUT2D eigenvalue weighted by atomic mass is 16.5. The minimum Gasteiger partial charge on any atom is -0.464 e. The van der Waals surface area contributed by atoms with Gasteiger partial charge in [0, 0.05) is 25.2 Å². The first-order chi connectivity index (χ1) is 8.33. The van der Waals surface area contributed by atoms with Crippen LogP contribution in [0.1, 0.15) is 43.6 Å². The molecule has 0 amide bonds. The minimum atomic E-state index is 0.595. The molecule has 1 N–H and O–H groups in total. The van der Waals surface area contributed by atoms with Crippen LogP contribution in [0.25, 0.3) is 0 Å². The summed E-state index contributed by atoms with van der Waals surface area (Å²) in [6, 6.07) is 4.86. The van der Waals surface area contributed by atoms with Gasteiger partial charge >= 0.3 is 0 Å². The van der Waals surface area contributed by atoms with E-state index in [1.165, 1.54) is 12.2 Å². The van der Waals surface area contributed by atoms with E-state index in [2.05, 4.69) is 24.4 Å². The van der Waals surface area contributed by atoms with Crippen LogP contribution in [0.5, 0.6) is 0 Å². The third-order valence-corrected chi connectivity index (χ3v) is 3.94. The van der Waals surface area contributed by atoms with Crippen molar-refractivity contribution >= 4 is 0 Å². The molecule has 2 atom stereocenters. The van der Waals surface area contributed by atoms with Crippen LogP contribution < -0.4 is 5.32 Å². The average molecular weight is 235 g/mol. The Kier molecular flexibility index (Phi) is 3.21. The van der Waals surface area contributed by atoms with Gasteiger partial charge in [-0.05, 0) is 37.3 Å². The summed E-state index contributed by atoms with van der Waals surface area (Å²) in [7, 11) is 0. The first-order valence-corrected chi connectivity index (χ1v) is 6.72. The Hall–Kier alpha value is -0.800. The van der Waals surface area contributed by atoms with Gasteiger partial charge in [0.25, 0.3) is 0 Å². The maximum Gasteiger partial charge on any atom is 0.117 e. The Morgan fingerprint density at radius 1 is 1.29 bits per heavy atom. The fourth-order valence-corrected chi connectivity index (χ4v) is 2.55. The molecular weight excluding hydrogens is 214 g/mol. The quantitative estimate of drug-likeness (QED) is 0.871. The van der Waals surface area contributed by atoms with Gasteiger partial charge in [0.1, 0.15) is 11.5 Å². The molecule has 3 heteroatoms. The van der Waals surface area contributed by atoms with Gasteiger partial charge in [-0.1, -0.05) is 6.92 Å². The summed E-state index contributed by atoms with van der Waals surface area (Å²) in [5.74, 6) is 3.76. The van der Waals surface area contributed by atoms with Crippen molar-refractivity contribution < 1.29 is 9.15 Å². The second-order valence-corrected chi connectivity index (χ2v) is 5.39. The molecule has 94 valence electrons. The lowest BCUT2D eigenvalue weighted by atomic mass is 10.1. The van der Waals surface area contributed by atoms with E-state index in [0.29, 0.717) is 12.0 Å². The highest BCUT2D eigenvalue weighted by molar-refractivity contribution is 5.17. The number of hydrogen-bond donors (Lipinski definition) is 1. The van der Waals surface area contributed by atoms with Crippen LogP contribution in [0.15, 0.2) is 16.5 Å². The van der Waals surface area contributed by atoms with Crippen molar-refractivity contribution in [3.05, 3.63) is 23.7 Å². The average Bonchev–Trinajstić information content (AvgIpc) is 2.92. The molecule has 1 saturated carbocycles. The molecule has 1 aromatic heterocycles. The summed E-state index contributed by atoms with van der Waals surface area (Å²) < 4.78 is 11.2. The van der Waals surface area contributed by atoms with E-state index >= 15 is 0 Å². The van der Waals surface area contributed by atoms with Gasteiger partial charge in [-0.2, -0.15) is 0 Å². The first kappa shape index (κ1) is 11.3. The van der Waals surface area contributed by atoms with Gasteiger partial charge in [0.2, 0.25) is 0 Å². The summed E-state index contributed by atoms with van der Waals surface area (Å²) >= 11 is 0. The van der Waals surface area contributed by atoms with E-state index in [4.69, 9.17) is 9.15 Å². The summed E-state index contributed by atoms with van der Waals surface area (Å²) in [6.07, 6.45) is 3.53. The predicted octanol–water partition coefficient (Wildman–Crippen LogP) is 2.67. The molecule has 1 aliphatic heterocycles. The Morgan fingerprint density at radius 2 is 2.06 bits per heavy atom. The second-order valence-electron chi connectivity index (χ2n) is 5.39. The van der Waals surface area contributed by atoms with Gasteiger partial charge < -0.3 is 14.5 Å². The summed E-state index contributed by atoms with van der Waals surface area (Å²) in [4.78, 5) is 0. The van der Waals surface area contributed by atoms with Crippen LogP contribution in [0.4, 0.5) is 0 Å². The summed E-state index contributed by atoms with van der Waals surface area (Å²) in [5.41, 5.74) is 0. The topological polar surface area (TPSA) is 34.4 Å². The first-order valence-electron chi connectivity index (χ1n) is 6.72. The molecule has 0 spiro atoms. The lowest BCUT2D eigenvalue weighted by Crippen LogP contribution is -2.34. The van der Waals surface area contributed by atoms with Crippen LogP contribution in [0, 0.1) is 5.92 Å². The number of rotatable bonds is 4. The van der Waals surface area contributed by atoms with Crippen molar-refractivity contribution in [1.82, 2.24) is 5.32 Å². The maximum absolute atomic E-state index is 5.88. The fourth-order valence-electron chi connectivity index (χ4n) is 2.55. The van der Waals surface area contributed by atoms with Crippen LogP contribution in [0.2, 0.25) is 0 Å². The molecule has 0 bridgehead atoms. The van der Waals surface area contributed by atoms with Crippen molar-refractivity contribution in [2.24, 2.45) is 5.92 Å². The Bertz CT molecular complexity index is 368. The number of ether oxygens (including phenoxy) is 1. The van der Waals surface area contributed by atoms with Gasteiger partial charge in [0.05, 0.1) is 6.54 Å². The Labute approximate surface area is 103 Å². The van der Waals surface area contributed by atoms with E-state index in [9.17, 15) is 0 Å². The third-order valence-electron chi connectivity index (χ3n) is 3.94. The summed E-state index contributed by atoms with van der Waals surface area (Å²) in [6.45, 7) is 4.92. The van der Waals surface area contributed by atoms with E-state index in [1.54, 1.807) is 0 Å². The Morgan fingerprint density at radius 3 is 2.76 bits per heavy atom. The molecule has 2 heterocycles. The second kappa shape index (κ2) is 4.83. The fraction of sp³-hybridized carbons (Fsp3) is 0.714. The SMILES string of the molecule is CC1CC1c1ccc(CNC2CCOCC2)o1. The molecule has 1 aromatic rings. The van der Waals surface area contributed by atoms with E-state index in [1.807, 2.05) is 0 Å². The van der Waals surface area contributed by atoms with E-state index < -0.39 is 0 Å². The van der Waals surface area contributed by atoms with Crippen LogP contribution in [-0.4, -0.2) is 19.3 Å². The largest absolute Gasteiger partial charge is 0.464 e. The zero-order chi connectivity index (χ0) is 11.7. The van der Waals surface area contributed by atoms with Crippen molar-refractivity contribution in [3.63, 3.8) is 0 Å².